The van der Waals surface area contributed by atoms with Crippen LogP contribution in [0.2, 0.25) is 0 Å². The zero-order valence-corrected chi connectivity index (χ0v) is 15.6. The summed E-state index contributed by atoms with van der Waals surface area (Å²) in [6.07, 6.45) is 0. The van der Waals surface area contributed by atoms with Crippen LogP contribution in [0, 0.1) is 5.82 Å². The summed E-state index contributed by atoms with van der Waals surface area (Å²) >= 11 is 0. The number of carbonyl (C=O) groups excluding carboxylic acids is 2. The van der Waals surface area contributed by atoms with E-state index in [0.29, 0.717) is 28.4 Å². The van der Waals surface area contributed by atoms with E-state index >= 15 is 0 Å². The number of rotatable bonds is 7. The van der Waals surface area contributed by atoms with Crippen LogP contribution in [0.4, 0.5) is 15.8 Å². The number of benzene rings is 3. The summed E-state index contributed by atoms with van der Waals surface area (Å²) in [6, 6.07) is 18.8. The second-order valence-corrected chi connectivity index (χ2v) is 6.05. The van der Waals surface area contributed by atoms with Gasteiger partial charge < -0.3 is 20.1 Å². The van der Waals surface area contributed by atoms with E-state index in [2.05, 4.69) is 10.6 Å². The normalized spacial score (nSPS) is 10.1. The third-order valence-electron chi connectivity index (χ3n) is 3.94. The third kappa shape index (κ3) is 5.80. The Morgan fingerprint density at radius 2 is 1.55 bits per heavy atom. The van der Waals surface area contributed by atoms with E-state index in [1.165, 1.54) is 24.3 Å². The second-order valence-electron chi connectivity index (χ2n) is 6.05. The molecule has 7 heteroatoms. The van der Waals surface area contributed by atoms with Gasteiger partial charge in [0.15, 0.2) is 6.61 Å². The van der Waals surface area contributed by atoms with Gasteiger partial charge in [-0.15, -0.1) is 0 Å². The smallest absolute Gasteiger partial charge is 0.262 e. The number of halogens is 1. The molecule has 148 valence electrons. The molecule has 3 aromatic carbocycles. The van der Waals surface area contributed by atoms with E-state index in [9.17, 15) is 14.0 Å². The Labute approximate surface area is 167 Å². The third-order valence-corrected chi connectivity index (χ3v) is 3.94. The molecule has 0 spiro atoms. The molecule has 3 aromatic rings. The van der Waals surface area contributed by atoms with E-state index in [1.54, 1.807) is 55.6 Å². The van der Waals surface area contributed by atoms with E-state index in [4.69, 9.17) is 9.47 Å². The first-order valence-electron chi connectivity index (χ1n) is 8.77. The highest BCUT2D eigenvalue weighted by atomic mass is 19.1. The van der Waals surface area contributed by atoms with Crippen molar-refractivity contribution in [3.8, 4) is 11.5 Å². The summed E-state index contributed by atoms with van der Waals surface area (Å²) in [5.41, 5.74) is 1.28. The van der Waals surface area contributed by atoms with Crippen molar-refractivity contribution in [1.82, 2.24) is 0 Å². The van der Waals surface area contributed by atoms with Crippen LogP contribution in [-0.2, 0) is 4.79 Å². The van der Waals surface area contributed by atoms with Crippen molar-refractivity contribution in [3.05, 3.63) is 84.2 Å². The lowest BCUT2D eigenvalue weighted by Gasteiger charge is -2.10. The van der Waals surface area contributed by atoms with Crippen molar-refractivity contribution in [2.45, 2.75) is 0 Å². The molecule has 2 N–H and O–H groups in total. The standard InChI is InChI=1S/C22H19FN2O4/c1-28-19-9-11-20(12-10-19)29-14-21(26)24-18-4-2-3-15(13-18)22(27)25-17-7-5-16(23)6-8-17/h2-13H,14H2,1H3,(H,24,26)(H,25,27). The highest BCUT2D eigenvalue weighted by molar-refractivity contribution is 6.05. The van der Waals surface area contributed by atoms with Crippen molar-refractivity contribution in [2.24, 2.45) is 0 Å². The van der Waals surface area contributed by atoms with Crippen LogP contribution in [-0.4, -0.2) is 25.5 Å². The van der Waals surface area contributed by atoms with Gasteiger partial charge in [0, 0.05) is 16.9 Å². The minimum atomic E-state index is -0.385. The maximum absolute atomic E-state index is 13.0. The molecule has 0 heterocycles. The molecule has 0 radical (unpaired) electrons. The zero-order chi connectivity index (χ0) is 20.6. The number of anilines is 2. The fraction of sp³-hybridized carbons (Fsp3) is 0.0909. The number of carbonyl (C=O) groups is 2. The van der Waals surface area contributed by atoms with Gasteiger partial charge in [0.05, 0.1) is 7.11 Å². The number of hydrogen-bond donors (Lipinski definition) is 2. The van der Waals surface area contributed by atoms with Gasteiger partial charge in [-0.3, -0.25) is 9.59 Å². The number of hydrogen-bond acceptors (Lipinski definition) is 4. The highest BCUT2D eigenvalue weighted by Crippen LogP contribution is 2.17. The minimum Gasteiger partial charge on any atom is -0.497 e. The molecular formula is C22H19FN2O4. The summed E-state index contributed by atoms with van der Waals surface area (Å²) in [5, 5.41) is 5.35. The fourth-order valence-corrected chi connectivity index (χ4v) is 2.49. The molecule has 2 amide bonds. The van der Waals surface area contributed by atoms with Gasteiger partial charge in [-0.05, 0) is 66.7 Å². The van der Waals surface area contributed by atoms with Gasteiger partial charge in [0.2, 0.25) is 0 Å². The summed E-state index contributed by atoms with van der Waals surface area (Å²) in [5.74, 6) is 0.106. The van der Waals surface area contributed by atoms with Crippen molar-refractivity contribution < 1.29 is 23.5 Å². The van der Waals surface area contributed by atoms with E-state index in [1.807, 2.05) is 0 Å². The lowest BCUT2D eigenvalue weighted by molar-refractivity contribution is -0.118. The Balaban J connectivity index is 1.56. The number of ether oxygens (including phenoxy) is 2. The van der Waals surface area contributed by atoms with Crippen LogP contribution in [0.25, 0.3) is 0 Å². The Morgan fingerprint density at radius 1 is 0.862 bits per heavy atom. The molecule has 0 unspecified atom stereocenters. The number of methoxy groups -OCH3 is 1. The SMILES string of the molecule is COc1ccc(OCC(=O)Nc2cccc(C(=O)Nc3ccc(F)cc3)c2)cc1. The summed E-state index contributed by atoms with van der Waals surface area (Å²) in [4.78, 5) is 24.5. The molecule has 0 bridgehead atoms. The van der Waals surface area contributed by atoms with E-state index in [0.717, 1.165) is 0 Å². The Hall–Kier alpha value is -3.87. The van der Waals surface area contributed by atoms with Crippen LogP contribution in [0.15, 0.2) is 72.8 Å². The van der Waals surface area contributed by atoms with Crippen molar-refractivity contribution in [2.75, 3.05) is 24.4 Å². The molecule has 0 aliphatic rings. The molecule has 0 fully saturated rings. The van der Waals surface area contributed by atoms with Crippen LogP contribution >= 0.6 is 0 Å². The molecule has 29 heavy (non-hydrogen) atoms. The monoisotopic (exact) mass is 394 g/mol. The second kappa shape index (κ2) is 9.36. The molecule has 0 atom stereocenters. The zero-order valence-electron chi connectivity index (χ0n) is 15.6. The largest absolute Gasteiger partial charge is 0.497 e. The van der Waals surface area contributed by atoms with Crippen LogP contribution in [0.1, 0.15) is 10.4 Å². The molecule has 0 saturated heterocycles. The number of nitrogens with one attached hydrogen (secondary N) is 2. The molecule has 0 aromatic heterocycles. The average Bonchev–Trinajstić information content (AvgIpc) is 2.74. The minimum absolute atomic E-state index is 0.182. The van der Waals surface area contributed by atoms with Crippen LogP contribution in [0.5, 0.6) is 11.5 Å². The fourth-order valence-electron chi connectivity index (χ4n) is 2.49. The van der Waals surface area contributed by atoms with Crippen molar-refractivity contribution >= 4 is 23.2 Å². The van der Waals surface area contributed by atoms with Crippen LogP contribution in [0.3, 0.4) is 0 Å². The first-order valence-corrected chi connectivity index (χ1v) is 8.77. The lowest BCUT2D eigenvalue weighted by Crippen LogP contribution is -2.20. The Morgan fingerprint density at radius 3 is 2.24 bits per heavy atom. The van der Waals surface area contributed by atoms with E-state index < -0.39 is 0 Å². The van der Waals surface area contributed by atoms with Gasteiger partial charge in [-0.1, -0.05) is 6.07 Å². The lowest BCUT2D eigenvalue weighted by atomic mass is 10.2. The van der Waals surface area contributed by atoms with Gasteiger partial charge in [0.1, 0.15) is 17.3 Å². The first kappa shape index (κ1) is 19.9. The molecule has 0 saturated carbocycles. The topological polar surface area (TPSA) is 76.7 Å². The summed E-state index contributed by atoms with van der Waals surface area (Å²) < 4.78 is 23.4. The maximum atomic E-state index is 13.0. The van der Waals surface area contributed by atoms with Crippen LogP contribution < -0.4 is 20.1 Å². The van der Waals surface area contributed by atoms with Gasteiger partial charge >= 0.3 is 0 Å². The van der Waals surface area contributed by atoms with Crippen molar-refractivity contribution in [3.63, 3.8) is 0 Å². The summed E-state index contributed by atoms with van der Waals surface area (Å²) in [6.45, 7) is -0.182. The van der Waals surface area contributed by atoms with Gasteiger partial charge in [0.25, 0.3) is 11.8 Å². The Kier molecular flexibility index (Phi) is 6.42. The van der Waals surface area contributed by atoms with E-state index in [-0.39, 0.29) is 24.2 Å². The predicted octanol–water partition coefficient (Wildman–Crippen LogP) is 4.10. The summed E-state index contributed by atoms with van der Waals surface area (Å²) in [7, 11) is 1.57. The molecule has 0 aliphatic heterocycles. The predicted molar refractivity (Wildman–Crippen MR) is 108 cm³/mol. The van der Waals surface area contributed by atoms with Gasteiger partial charge in [-0.25, -0.2) is 4.39 Å². The molecule has 0 aliphatic carbocycles. The quantitative estimate of drug-likeness (QED) is 0.632. The first-order chi connectivity index (χ1) is 14.0. The Bertz CT molecular complexity index is 988. The maximum Gasteiger partial charge on any atom is 0.262 e. The highest BCUT2D eigenvalue weighted by Gasteiger charge is 2.09. The molecule has 3 rings (SSSR count). The molecule has 6 nitrogen and oxygen atoms in total. The average molecular weight is 394 g/mol. The molecular weight excluding hydrogens is 375 g/mol. The van der Waals surface area contributed by atoms with Crippen molar-refractivity contribution in [1.29, 1.82) is 0 Å². The number of amides is 2. The van der Waals surface area contributed by atoms with Gasteiger partial charge in [-0.2, -0.15) is 0 Å².